The van der Waals surface area contributed by atoms with Gasteiger partial charge in [-0.15, -0.1) is 0 Å². The van der Waals surface area contributed by atoms with Crippen molar-refractivity contribution in [3.63, 3.8) is 0 Å². The summed E-state index contributed by atoms with van der Waals surface area (Å²) in [5, 5.41) is 20.1. The summed E-state index contributed by atoms with van der Waals surface area (Å²) in [6, 6.07) is 8.46. The highest BCUT2D eigenvalue weighted by Crippen LogP contribution is 2.26. The number of amides is 1. The molecular weight excluding hydrogens is 436 g/mol. The summed E-state index contributed by atoms with van der Waals surface area (Å²) in [5.41, 5.74) is 6.89. The third-order valence-corrected chi connectivity index (χ3v) is 4.80. The number of aliphatic hydroxyl groups is 1. The zero-order chi connectivity index (χ0) is 23.4. The van der Waals surface area contributed by atoms with E-state index < -0.39 is 23.6 Å². The van der Waals surface area contributed by atoms with Crippen molar-refractivity contribution in [2.75, 3.05) is 11.9 Å². The molecule has 0 aliphatic heterocycles. The molecule has 0 spiro atoms. The van der Waals surface area contributed by atoms with Crippen LogP contribution in [0.3, 0.4) is 0 Å². The lowest BCUT2D eigenvalue weighted by atomic mass is 10.2. The van der Waals surface area contributed by atoms with Crippen molar-refractivity contribution < 1.29 is 23.2 Å². The number of anilines is 1. The van der Waals surface area contributed by atoms with Gasteiger partial charge in [0.25, 0.3) is 0 Å². The zero-order valence-corrected chi connectivity index (χ0v) is 17.2. The Morgan fingerprint density at radius 1 is 1.21 bits per heavy atom. The minimum absolute atomic E-state index is 0.0261. The molecule has 4 aromatic rings. The van der Waals surface area contributed by atoms with Crippen LogP contribution in [0.5, 0.6) is 0 Å². The Morgan fingerprint density at radius 2 is 2.03 bits per heavy atom. The molecular formula is C21H19F2N7O3. The lowest BCUT2D eigenvalue weighted by molar-refractivity contribution is -0.119. The molecule has 1 amide bonds. The van der Waals surface area contributed by atoms with E-state index in [1.54, 1.807) is 30.3 Å². The molecule has 0 saturated heterocycles. The summed E-state index contributed by atoms with van der Waals surface area (Å²) in [5.74, 6) is -2.21. The van der Waals surface area contributed by atoms with E-state index in [2.05, 4.69) is 25.5 Å². The van der Waals surface area contributed by atoms with Gasteiger partial charge >= 0.3 is 0 Å². The maximum atomic E-state index is 14.3. The van der Waals surface area contributed by atoms with Gasteiger partial charge in [0, 0.05) is 18.2 Å². The standard InChI is InChI=1S/C21H19F2N7O3/c22-13-4-2-1-3-12(13)11-30-18(15-6-8-33-29-15)9-17(28-30)21-25-10-14(23)20(27-21)26-16(5-7-31)19(24)32/h1-4,6,8-10,16,31H,5,7,11H2,(H2,24,32)(H,25,26,27)/t16-/m0/s1. The summed E-state index contributed by atoms with van der Waals surface area (Å²) in [7, 11) is 0. The number of benzene rings is 1. The van der Waals surface area contributed by atoms with E-state index in [0.29, 0.717) is 17.0 Å². The van der Waals surface area contributed by atoms with E-state index in [1.807, 2.05) is 0 Å². The normalized spacial score (nSPS) is 12.0. The van der Waals surface area contributed by atoms with Gasteiger partial charge in [-0.1, -0.05) is 23.4 Å². The Balaban J connectivity index is 1.72. The maximum Gasteiger partial charge on any atom is 0.240 e. The molecule has 170 valence electrons. The number of nitrogens with zero attached hydrogens (tertiary/aromatic N) is 5. The molecule has 1 aromatic carbocycles. The molecule has 0 radical (unpaired) electrons. The molecule has 0 fully saturated rings. The number of carbonyl (C=O) groups excluding carboxylic acids is 1. The highest BCUT2D eigenvalue weighted by Gasteiger charge is 2.21. The quantitative estimate of drug-likeness (QED) is 0.347. The van der Waals surface area contributed by atoms with Crippen molar-refractivity contribution in [3.8, 4) is 22.9 Å². The van der Waals surface area contributed by atoms with Gasteiger partial charge in [0.05, 0.1) is 18.4 Å². The first-order valence-electron chi connectivity index (χ1n) is 9.88. The number of hydrogen-bond acceptors (Lipinski definition) is 8. The third-order valence-electron chi connectivity index (χ3n) is 4.80. The van der Waals surface area contributed by atoms with Gasteiger partial charge < -0.3 is 20.7 Å². The first-order chi connectivity index (χ1) is 16.0. The predicted molar refractivity (Wildman–Crippen MR) is 113 cm³/mol. The molecule has 0 saturated carbocycles. The molecule has 0 aliphatic rings. The van der Waals surface area contributed by atoms with Gasteiger partial charge in [-0.3, -0.25) is 9.48 Å². The van der Waals surface area contributed by atoms with Crippen molar-refractivity contribution in [2.24, 2.45) is 5.73 Å². The second-order valence-electron chi connectivity index (χ2n) is 7.05. The van der Waals surface area contributed by atoms with Gasteiger partial charge in [-0.05, 0) is 18.6 Å². The number of primary amides is 1. The number of carbonyl (C=O) groups is 1. The van der Waals surface area contributed by atoms with Crippen molar-refractivity contribution in [2.45, 2.75) is 19.0 Å². The van der Waals surface area contributed by atoms with Gasteiger partial charge in [-0.2, -0.15) is 5.10 Å². The first-order valence-corrected chi connectivity index (χ1v) is 9.88. The van der Waals surface area contributed by atoms with Crippen molar-refractivity contribution in [3.05, 3.63) is 66.1 Å². The average molecular weight is 455 g/mol. The van der Waals surface area contributed by atoms with E-state index in [1.165, 1.54) is 17.0 Å². The van der Waals surface area contributed by atoms with E-state index in [4.69, 9.17) is 15.4 Å². The maximum absolute atomic E-state index is 14.3. The molecule has 10 nitrogen and oxygen atoms in total. The number of rotatable bonds is 9. The summed E-state index contributed by atoms with van der Waals surface area (Å²) in [6.07, 6.45) is 2.28. The molecule has 0 unspecified atom stereocenters. The van der Waals surface area contributed by atoms with Crippen LogP contribution in [-0.2, 0) is 11.3 Å². The van der Waals surface area contributed by atoms with Gasteiger partial charge in [0.2, 0.25) is 5.91 Å². The van der Waals surface area contributed by atoms with Crippen LogP contribution in [0, 0.1) is 11.6 Å². The van der Waals surface area contributed by atoms with E-state index in [9.17, 15) is 13.6 Å². The molecule has 4 rings (SSSR count). The second-order valence-corrected chi connectivity index (χ2v) is 7.05. The Kier molecular flexibility index (Phi) is 6.36. The topological polar surface area (TPSA) is 145 Å². The zero-order valence-electron chi connectivity index (χ0n) is 17.2. The minimum Gasteiger partial charge on any atom is -0.396 e. The van der Waals surface area contributed by atoms with Crippen LogP contribution in [-0.4, -0.2) is 48.6 Å². The van der Waals surface area contributed by atoms with Crippen LogP contribution in [0.15, 0.2) is 53.4 Å². The molecule has 0 bridgehead atoms. The van der Waals surface area contributed by atoms with Gasteiger partial charge in [-0.25, -0.2) is 18.7 Å². The van der Waals surface area contributed by atoms with Crippen LogP contribution >= 0.6 is 0 Å². The van der Waals surface area contributed by atoms with Crippen LogP contribution in [0.25, 0.3) is 22.9 Å². The fourth-order valence-corrected chi connectivity index (χ4v) is 3.16. The number of nitrogens with two attached hydrogens (primary N) is 1. The van der Waals surface area contributed by atoms with Gasteiger partial charge in [0.1, 0.15) is 29.5 Å². The largest absolute Gasteiger partial charge is 0.396 e. The highest BCUT2D eigenvalue weighted by atomic mass is 19.1. The van der Waals surface area contributed by atoms with E-state index in [-0.39, 0.29) is 36.9 Å². The molecule has 33 heavy (non-hydrogen) atoms. The molecule has 1 atom stereocenters. The van der Waals surface area contributed by atoms with Crippen LogP contribution in [0.4, 0.5) is 14.6 Å². The molecule has 3 aromatic heterocycles. The highest BCUT2D eigenvalue weighted by molar-refractivity contribution is 5.82. The summed E-state index contributed by atoms with van der Waals surface area (Å²) in [4.78, 5) is 19.7. The van der Waals surface area contributed by atoms with Crippen LogP contribution in [0.1, 0.15) is 12.0 Å². The lowest BCUT2D eigenvalue weighted by Gasteiger charge is -2.15. The van der Waals surface area contributed by atoms with Crippen molar-refractivity contribution >= 4 is 11.7 Å². The number of nitrogens with one attached hydrogen (secondary N) is 1. The Labute approximate surface area is 186 Å². The smallest absolute Gasteiger partial charge is 0.240 e. The average Bonchev–Trinajstić information content (AvgIpc) is 3.46. The SMILES string of the molecule is NC(=O)[C@H](CCO)Nc1nc(-c2cc(-c3ccon3)n(Cc3ccccc3F)n2)ncc1F. The number of halogens is 2. The summed E-state index contributed by atoms with van der Waals surface area (Å²) in [6.45, 7) is -0.247. The lowest BCUT2D eigenvalue weighted by Crippen LogP contribution is -2.36. The molecule has 4 N–H and O–H groups in total. The summed E-state index contributed by atoms with van der Waals surface area (Å²) < 4.78 is 34.9. The fourth-order valence-electron chi connectivity index (χ4n) is 3.16. The number of aliphatic hydroxyl groups excluding tert-OH is 1. The van der Waals surface area contributed by atoms with E-state index >= 15 is 0 Å². The Hall–Kier alpha value is -4.19. The Morgan fingerprint density at radius 3 is 2.73 bits per heavy atom. The molecule has 12 heteroatoms. The predicted octanol–water partition coefficient (Wildman–Crippen LogP) is 1.97. The van der Waals surface area contributed by atoms with Crippen LogP contribution in [0.2, 0.25) is 0 Å². The monoisotopic (exact) mass is 455 g/mol. The number of hydrogen-bond donors (Lipinski definition) is 3. The fraction of sp³-hybridized carbons (Fsp3) is 0.190. The minimum atomic E-state index is -1.03. The molecule has 3 heterocycles. The molecule has 0 aliphatic carbocycles. The van der Waals surface area contributed by atoms with Gasteiger partial charge in [0.15, 0.2) is 17.5 Å². The number of aromatic nitrogens is 5. The summed E-state index contributed by atoms with van der Waals surface area (Å²) >= 11 is 0. The second kappa shape index (κ2) is 9.53. The first kappa shape index (κ1) is 22.0. The van der Waals surface area contributed by atoms with Crippen LogP contribution < -0.4 is 11.1 Å². The Bertz CT molecular complexity index is 1260. The van der Waals surface area contributed by atoms with Crippen molar-refractivity contribution in [1.29, 1.82) is 0 Å². The van der Waals surface area contributed by atoms with Crippen molar-refractivity contribution in [1.82, 2.24) is 24.9 Å². The van der Waals surface area contributed by atoms with E-state index in [0.717, 1.165) is 6.20 Å². The third kappa shape index (κ3) is 4.85.